The van der Waals surface area contributed by atoms with Gasteiger partial charge in [0.2, 0.25) is 5.88 Å². The van der Waals surface area contributed by atoms with Gasteiger partial charge in [0.25, 0.3) is 5.56 Å². The van der Waals surface area contributed by atoms with Crippen LogP contribution in [-0.2, 0) is 6.54 Å². The molecule has 0 atom stereocenters. The number of nitrogens with zero attached hydrogens (tertiary/aromatic N) is 2. The van der Waals surface area contributed by atoms with Crippen molar-refractivity contribution in [2.45, 2.75) is 40.7 Å². The minimum absolute atomic E-state index is 0.00897. The zero-order chi connectivity index (χ0) is 21.9. The first kappa shape index (κ1) is 22.8. The number of aromatic hydroxyl groups is 1. The summed E-state index contributed by atoms with van der Waals surface area (Å²) in [7, 11) is 0. The Kier molecular flexibility index (Phi) is 7.34. The van der Waals surface area contributed by atoms with Crippen LogP contribution in [0.5, 0.6) is 11.6 Å². The molecule has 29 heavy (non-hydrogen) atoms. The molecule has 0 aliphatic heterocycles. The first-order chi connectivity index (χ1) is 13.6. The number of nitriles is 1. The minimum atomic E-state index is -0.632. The number of aromatic nitrogens is 1. The number of carbonyl (C=O) groups is 1. The standard InChI is InChI=1S/C21H22Cl2N2O4/c1-5-6-29-19-15(22)7-13(8-16(19)23)18(26)17-12(4)14(9-24)20(27)25(21(17)28)10-11(2)3/h7-8,11,28H,5-6,10H2,1-4H3. The molecule has 0 aliphatic carbocycles. The number of ether oxygens (including phenoxy) is 1. The second-order valence-corrected chi connectivity index (χ2v) is 7.88. The Labute approximate surface area is 179 Å². The quantitative estimate of drug-likeness (QED) is 0.633. The predicted molar refractivity (Wildman–Crippen MR) is 112 cm³/mol. The van der Waals surface area contributed by atoms with Gasteiger partial charge in [-0.1, -0.05) is 44.0 Å². The van der Waals surface area contributed by atoms with E-state index >= 15 is 0 Å². The van der Waals surface area contributed by atoms with E-state index in [-0.39, 0.29) is 50.5 Å². The van der Waals surface area contributed by atoms with E-state index in [0.717, 1.165) is 11.0 Å². The molecule has 8 heteroatoms. The van der Waals surface area contributed by atoms with Crippen LogP contribution in [0, 0.1) is 24.2 Å². The summed E-state index contributed by atoms with van der Waals surface area (Å²) in [5.41, 5.74) is -0.727. The average Bonchev–Trinajstić information content (AvgIpc) is 2.64. The molecule has 0 saturated heterocycles. The van der Waals surface area contributed by atoms with E-state index < -0.39 is 17.2 Å². The fraction of sp³-hybridized carbons (Fsp3) is 0.381. The fourth-order valence-electron chi connectivity index (χ4n) is 2.93. The van der Waals surface area contributed by atoms with E-state index in [1.807, 2.05) is 26.8 Å². The van der Waals surface area contributed by atoms with Gasteiger partial charge in [0.15, 0.2) is 11.5 Å². The Bertz CT molecular complexity index is 1030. The van der Waals surface area contributed by atoms with Crippen LogP contribution in [0.25, 0.3) is 0 Å². The Morgan fingerprint density at radius 2 is 1.90 bits per heavy atom. The SMILES string of the molecule is CCCOc1c(Cl)cc(C(=O)c2c(C)c(C#N)c(=O)n(CC(C)C)c2O)cc1Cl. The topological polar surface area (TPSA) is 92.3 Å². The molecular formula is C21H22Cl2N2O4. The van der Waals surface area contributed by atoms with E-state index in [9.17, 15) is 20.0 Å². The first-order valence-corrected chi connectivity index (χ1v) is 9.92. The van der Waals surface area contributed by atoms with Crippen LogP contribution in [0.3, 0.4) is 0 Å². The molecule has 0 unspecified atom stereocenters. The van der Waals surface area contributed by atoms with Crippen molar-refractivity contribution in [1.82, 2.24) is 4.57 Å². The third-order valence-electron chi connectivity index (χ3n) is 4.29. The summed E-state index contributed by atoms with van der Waals surface area (Å²) in [5, 5.41) is 20.4. The molecule has 1 aromatic carbocycles. The second-order valence-electron chi connectivity index (χ2n) is 7.07. The molecule has 154 valence electrons. The molecule has 0 radical (unpaired) electrons. The summed E-state index contributed by atoms with van der Waals surface area (Å²) in [6.45, 7) is 7.67. The van der Waals surface area contributed by atoms with Crippen LogP contribution < -0.4 is 10.3 Å². The first-order valence-electron chi connectivity index (χ1n) is 9.16. The summed E-state index contributed by atoms with van der Waals surface area (Å²) in [6.07, 6.45) is 0.759. The van der Waals surface area contributed by atoms with Gasteiger partial charge in [-0.2, -0.15) is 5.26 Å². The number of carbonyl (C=O) groups excluding carboxylic acids is 1. The highest BCUT2D eigenvalue weighted by molar-refractivity contribution is 6.38. The van der Waals surface area contributed by atoms with Crippen molar-refractivity contribution in [3.63, 3.8) is 0 Å². The molecule has 2 aromatic rings. The maximum Gasteiger partial charge on any atom is 0.271 e. The zero-order valence-electron chi connectivity index (χ0n) is 16.7. The van der Waals surface area contributed by atoms with Gasteiger partial charge in [-0.15, -0.1) is 0 Å². The van der Waals surface area contributed by atoms with Crippen LogP contribution in [0.15, 0.2) is 16.9 Å². The van der Waals surface area contributed by atoms with Crippen LogP contribution in [0.2, 0.25) is 10.0 Å². The maximum atomic E-state index is 13.2. The largest absolute Gasteiger partial charge is 0.494 e. The summed E-state index contributed by atoms with van der Waals surface area (Å²) < 4.78 is 6.55. The van der Waals surface area contributed by atoms with Gasteiger partial charge in [-0.3, -0.25) is 14.2 Å². The van der Waals surface area contributed by atoms with Gasteiger partial charge in [-0.05, 0) is 37.0 Å². The molecule has 1 heterocycles. The van der Waals surface area contributed by atoms with Gasteiger partial charge in [-0.25, -0.2) is 0 Å². The number of hydrogen-bond donors (Lipinski definition) is 1. The molecule has 0 bridgehead atoms. The van der Waals surface area contributed by atoms with E-state index in [4.69, 9.17) is 27.9 Å². The molecule has 0 fully saturated rings. The minimum Gasteiger partial charge on any atom is -0.494 e. The molecule has 2 rings (SSSR count). The Morgan fingerprint density at radius 1 is 1.31 bits per heavy atom. The van der Waals surface area contributed by atoms with E-state index in [2.05, 4.69) is 0 Å². The van der Waals surface area contributed by atoms with Crippen molar-refractivity contribution in [3.8, 4) is 17.7 Å². The van der Waals surface area contributed by atoms with Crippen molar-refractivity contribution in [1.29, 1.82) is 5.26 Å². The van der Waals surface area contributed by atoms with Gasteiger partial charge in [0, 0.05) is 12.1 Å². The Morgan fingerprint density at radius 3 is 2.38 bits per heavy atom. The highest BCUT2D eigenvalue weighted by Gasteiger charge is 2.26. The molecule has 6 nitrogen and oxygen atoms in total. The van der Waals surface area contributed by atoms with E-state index in [1.165, 1.54) is 19.1 Å². The number of hydrogen-bond acceptors (Lipinski definition) is 5. The zero-order valence-corrected chi connectivity index (χ0v) is 18.2. The third-order valence-corrected chi connectivity index (χ3v) is 4.85. The summed E-state index contributed by atoms with van der Waals surface area (Å²) in [5.74, 6) is -0.798. The van der Waals surface area contributed by atoms with E-state index in [0.29, 0.717) is 6.61 Å². The normalized spacial score (nSPS) is 10.8. The Balaban J connectivity index is 2.67. The molecule has 0 spiro atoms. The highest BCUT2D eigenvalue weighted by Crippen LogP contribution is 2.36. The Hall–Kier alpha value is -2.49. The average molecular weight is 437 g/mol. The van der Waals surface area contributed by atoms with Gasteiger partial charge in [0.1, 0.15) is 11.6 Å². The number of ketones is 1. The number of halogens is 2. The summed E-state index contributed by atoms with van der Waals surface area (Å²) in [6, 6.07) is 4.62. The lowest BCUT2D eigenvalue weighted by Gasteiger charge is -2.17. The fourth-order valence-corrected chi connectivity index (χ4v) is 3.53. The lowest BCUT2D eigenvalue weighted by Crippen LogP contribution is -2.28. The lowest BCUT2D eigenvalue weighted by molar-refractivity contribution is 0.103. The van der Waals surface area contributed by atoms with E-state index in [1.54, 1.807) is 0 Å². The molecular weight excluding hydrogens is 415 g/mol. The van der Waals surface area contributed by atoms with Gasteiger partial charge >= 0.3 is 0 Å². The molecule has 1 aromatic heterocycles. The number of benzene rings is 1. The van der Waals surface area contributed by atoms with Crippen LogP contribution in [-0.4, -0.2) is 22.1 Å². The number of pyridine rings is 1. The summed E-state index contributed by atoms with van der Waals surface area (Å²) in [4.78, 5) is 25.7. The van der Waals surface area contributed by atoms with Crippen LogP contribution >= 0.6 is 23.2 Å². The third kappa shape index (κ3) is 4.58. The van der Waals surface area contributed by atoms with Crippen LogP contribution in [0.1, 0.15) is 54.2 Å². The van der Waals surface area contributed by atoms with Crippen molar-refractivity contribution in [3.05, 3.63) is 54.8 Å². The van der Waals surface area contributed by atoms with Gasteiger partial charge < -0.3 is 9.84 Å². The number of rotatable bonds is 7. The summed E-state index contributed by atoms with van der Waals surface area (Å²) >= 11 is 12.5. The van der Waals surface area contributed by atoms with Crippen molar-refractivity contribution in [2.24, 2.45) is 5.92 Å². The predicted octanol–water partition coefficient (Wildman–Crippen LogP) is 4.72. The van der Waals surface area contributed by atoms with Crippen molar-refractivity contribution < 1.29 is 14.6 Å². The van der Waals surface area contributed by atoms with Crippen molar-refractivity contribution >= 4 is 29.0 Å². The molecule has 1 N–H and O–H groups in total. The molecule has 0 saturated carbocycles. The highest BCUT2D eigenvalue weighted by atomic mass is 35.5. The maximum absolute atomic E-state index is 13.2. The smallest absolute Gasteiger partial charge is 0.271 e. The lowest BCUT2D eigenvalue weighted by atomic mass is 9.97. The molecule has 0 aliphatic rings. The van der Waals surface area contributed by atoms with Gasteiger partial charge in [0.05, 0.1) is 22.2 Å². The van der Waals surface area contributed by atoms with Crippen LogP contribution in [0.4, 0.5) is 0 Å². The monoisotopic (exact) mass is 436 g/mol. The van der Waals surface area contributed by atoms with Crippen molar-refractivity contribution in [2.75, 3.05) is 6.61 Å². The molecule has 0 amide bonds. The second kappa shape index (κ2) is 9.34.